The first-order valence-corrected chi connectivity index (χ1v) is 10.8. The van der Waals surface area contributed by atoms with Gasteiger partial charge < -0.3 is 19.4 Å². The van der Waals surface area contributed by atoms with Gasteiger partial charge in [-0.25, -0.2) is 4.98 Å². The first kappa shape index (κ1) is 20.8. The van der Waals surface area contributed by atoms with Crippen molar-refractivity contribution in [1.82, 2.24) is 19.4 Å². The van der Waals surface area contributed by atoms with Crippen LogP contribution in [-0.2, 0) is 17.9 Å². The molecule has 1 N–H and O–H groups in total. The molecule has 2 aromatic carbocycles. The fraction of sp³-hybridized carbons (Fsp3) is 0.240. The van der Waals surface area contributed by atoms with E-state index >= 15 is 0 Å². The highest BCUT2D eigenvalue weighted by Crippen LogP contribution is 2.32. The zero-order valence-electron chi connectivity index (χ0n) is 18.4. The normalized spacial score (nSPS) is 12.5. The van der Waals surface area contributed by atoms with Crippen LogP contribution in [0.3, 0.4) is 0 Å². The van der Waals surface area contributed by atoms with Crippen molar-refractivity contribution in [3.8, 4) is 22.6 Å². The lowest BCUT2D eigenvalue weighted by molar-refractivity contribution is -0.121. The van der Waals surface area contributed by atoms with Crippen LogP contribution in [-0.4, -0.2) is 26.8 Å². The summed E-state index contributed by atoms with van der Waals surface area (Å²) in [5.41, 5.74) is 3.51. The lowest BCUT2D eigenvalue weighted by Gasteiger charge is -2.11. The Morgan fingerprint density at radius 3 is 2.70 bits per heavy atom. The van der Waals surface area contributed by atoms with E-state index in [-0.39, 0.29) is 30.8 Å². The molecular weight excluding hydrogens is 420 g/mol. The third kappa shape index (κ3) is 3.95. The number of ether oxygens (including phenoxy) is 2. The standard InChI is InChI=1S/C25H24N4O4/c1-16(2)29-14-27-23-19(18-6-4-3-5-7-18)12-28(24(23)25(29)31)13-22(30)26-11-17-8-9-20-21(10-17)33-15-32-20/h3-10,12,14,16H,11,13,15H2,1-2H3,(H,26,30). The summed E-state index contributed by atoms with van der Waals surface area (Å²) in [6.07, 6.45) is 3.41. The molecule has 5 rings (SSSR count). The number of aromatic nitrogens is 3. The SMILES string of the molecule is CC(C)n1cnc2c(-c3ccccc3)cn(CC(=O)NCc3ccc4c(c3)OCO4)c2c1=O. The summed E-state index contributed by atoms with van der Waals surface area (Å²) in [6, 6.07) is 15.3. The smallest absolute Gasteiger partial charge is 0.278 e. The number of benzene rings is 2. The summed E-state index contributed by atoms with van der Waals surface area (Å²) in [4.78, 5) is 30.7. The van der Waals surface area contributed by atoms with Crippen molar-refractivity contribution in [3.05, 3.63) is 77.0 Å². The molecule has 168 valence electrons. The van der Waals surface area contributed by atoms with Gasteiger partial charge in [-0.15, -0.1) is 0 Å². The fourth-order valence-electron chi connectivity index (χ4n) is 3.98. The summed E-state index contributed by atoms with van der Waals surface area (Å²) in [5, 5.41) is 2.92. The zero-order valence-corrected chi connectivity index (χ0v) is 18.4. The Morgan fingerprint density at radius 1 is 1.12 bits per heavy atom. The van der Waals surface area contributed by atoms with Gasteiger partial charge in [-0.1, -0.05) is 36.4 Å². The van der Waals surface area contributed by atoms with Crippen LogP contribution in [0.15, 0.2) is 65.8 Å². The van der Waals surface area contributed by atoms with Crippen molar-refractivity contribution in [3.63, 3.8) is 0 Å². The van der Waals surface area contributed by atoms with Gasteiger partial charge in [-0.2, -0.15) is 0 Å². The predicted octanol–water partition coefficient (Wildman–Crippen LogP) is 3.49. The minimum absolute atomic E-state index is 0.00686. The van der Waals surface area contributed by atoms with Crippen molar-refractivity contribution < 1.29 is 14.3 Å². The van der Waals surface area contributed by atoms with Gasteiger partial charge in [0.15, 0.2) is 11.5 Å². The monoisotopic (exact) mass is 444 g/mol. The van der Waals surface area contributed by atoms with E-state index in [4.69, 9.17) is 9.47 Å². The van der Waals surface area contributed by atoms with E-state index in [1.54, 1.807) is 15.5 Å². The number of nitrogens with one attached hydrogen (secondary N) is 1. The van der Waals surface area contributed by atoms with Crippen molar-refractivity contribution in [2.24, 2.45) is 0 Å². The summed E-state index contributed by atoms with van der Waals surface area (Å²) in [5.74, 6) is 1.17. The average molecular weight is 444 g/mol. The summed E-state index contributed by atoms with van der Waals surface area (Å²) >= 11 is 0. The van der Waals surface area contributed by atoms with Gasteiger partial charge in [0.25, 0.3) is 5.56 Å². The lowest BCUT2D eigenvalue weighted by atomic mass is 10.1. The number of hydrogen-bond acceptors (Lipinski definition) is 5. The quantitative estimate of drug-likeness (QED) is 0.492. The van der Waals surface area contributed by atoms with Crippen molar-refractivity contribution >= 4 is 16.9 Å². The Morgan fingerprint density at radius 2 is 1.91 bits per heavy atom. The molecule has 0 saturated heterocycles. The predicted molar refractivity (Wildman–Crippen MR) is 124 cm³/mol. The van der Waals surface area contributed by atoms with E-state index in [1.807, 2.05) is 68.6 Å². The number of fused-ring (bicyclic) bond motifs is 2. The highest BCUT2D eigenvalue weighted by Gasteiger charge is 2.19. The molecule has 2 aromatic heterocycles. The molecule has 0 atom stereocenters. The Kier molecular flexibility index (Phi) is 5.34. The first-order valence-electron chi connectivity index (χ1n) is 10.8. The fourth-order valence-corrected chi connectivity index (χ4v) is 3.98. The molecule has 0 bridgehead atoms. The topological polar surface area (TPSA) is 87.4 Å². The van der Waals surface area contributed by atoms with Crippen molar-refractivity contribution in [2.75, 3.05) is 6.79 Å². The van der Waals surface area contributed by atoms with Gasteiger partial charge in [0.05, 0.1) is 6.33 Å². The number of carbonyl (C=O) groups excluding carboxylic acids is 1. The van der Waals surface area contributed by atoms with Gasteiger partial charge in [0.1, 0.15) is 17.6 Å². The van der Waals surface area contributed by atoms with Gasteiger partial charge in [0, 0.05) is 24.3 Å². The Bertz CT molecular complexity index is 1390. The number of nitrogens with zero attached hydrogens (tertiary/aromatic N) is 3. The maximum Gasteiger partial charge on any atom is 0.278 e. The van der Waals surface area contributed by atoms with E-state index in [1.165, 1.54) is 0 Å². The Balaban J connectivity index is 1.44. The van der Waals surface area contributed by atoms with Crippen LogP contribution in [0.2, 0.25) is 0 Å². The largest absolute Gasteiger partial charge is 0.454 e. The molecule has 0 unspecified atom stereocenters. The van der Waals surface area contributed by atoms with E-state index in [0.717, 1.165) is 16.7 Å². The van der Waals surface area contributed by atoms with E-state index in [9.17, 15) is 9.59 Å². The molecule has 1 aliphatic heterocycles. The molecule has 0 saturated carbocycles. The van der Waals surface area contributed by atoms with Crippen LogP contribution in [0.1, 0.15) is 25.5 Å². The molecule has 4 aromatic rings. The van der Waals surface area contributed by atoms with Crippen LogP contribution in [0.5, 0.6) is 11.5 Å². The Labute approximate surface area is 190 Å². The molecule has 8 nitrogen and oxygen atoms in total. The molecule has 0 spiro atoms. The van der Waals surface area contributed by atoms with Gasteiger partial charge in [0.2, 0.25) is 12.7 Å². The second-order valence-corrected chi connectivity index (χ2v) is 8.25. The minimum Gasteiger partial charge on any atom is -0.454 e. The first-order chi connectivity index (χ1) is 16.0. The third-order valence-corrected chi connectivity index (χ3v) is 5.68. The van der Waals surface area contributed by atoms with Crippen molar-refractivity contribution in [2.45, 2.75) is 33.0 Å². The minimum atomic E-state index is -0.205. The second-order valence-electron chi connectivity index (χ2n) is 8.25. The van der Waals surface area contributed by atoms with Gasteiger partial charge >= 0.3 is 0 Å². The molecular formula is C25H24N4O4. The number of carbonyl (C=O) groups is 1. The zero-order chi connectivity index (χ0) is 22.9. The maximum absolute atomic E-state index is 13.2. The molecule has 0 radical (unpaired) electrons. The number of rotatable bonds is 6. The summed E-state index contributed by atoms with van der Waals surface area (Å²) in [7, 11) is 0. The molecule has 8 heteroatoms. The molecule has 0 fully saturated rings. The highest BCUT2D eigenvalue weighted by atomic mass is 16.7. The van der Waals surface area contributed by atoms with Crippen LogP contribution >= 0.6 is 0 Å². The van der Waals surface area contributed by atoms with Crippen LogP contribution in [0, 0.1) is 0 Å². The van der Waals surface area contributed by atoms with E-state index in [2.05, 4.69) is 10.3 Å². The highest BCUT2D eigenvalue weighted by molar-refractivity contribution is 5.93. The van der Waals surface area contributed by atoms with Crippen LogP contribution < -0.4 is 20.3 Å². The lowest BCUT2D eigenvalue weighted by Crippen LogP contribution is -2.29. The molecule has 33 heavy (non-hydrogen) atoms. The molecule has 1 aliphatic rings. The number of amides is 1. The number of hydrogen-bond donors (Lipinski definition) is 1. The van der Waals surface area contributed by atoms with Crippen LogP contribution in [0.25, 0.3) is 22.2 Å². The van der Waals surface area contributed by atoms with Crippen LogP contribution in [0.4, 0.5) is 0 Å². The van der Waals surface area contributed by atoms with Gasteiger partial charge in [-0.05, 0) is 37.1 Å². The molecule has 0 aliphatic carbocycles. The summed E-state index contributed by atoms with van der Waals surface area (Å²) < 4.78 is 14.0. The summed E-state index contributed by atoms with van der Waals surface area (Å²) in [6.45, 7) is 4.41. The second kappa shape index (κ2) is 8.46. The average Bonchev–Trinajstić information content (AvgIpc) is 3.43. The van der Waals surface area contributed by atoms with Crippen molar-refractivity contribution in [1.29, 1.82) is 0 Å². The molecule has 1 amide bonds. The molecule has 3 heterocycles. The van der Waals surface area contributed by atoms with E-state index < -0.39 is 0 Å². The van der Waals surface area contributed by atoms with Gasteiger partial charge in [-0.3, -0.25) is 14.2 Å². The third-order valence-electron chi connectivity index (χ3n) is 5.68. The van der Waals surface area contributed by atoms with E-state index in [0.29, 0.717) is 29.1 Å². The maximum atomic E-state index is 13.2. The Hall–Kier alpha value is -4.07.